The number of nitrogens with one attached hydrogen (secondary N) is 3. The van der Waals surface area contributed by atoms with Gasteiger partial charge in [-0.25, -0.2) is 0 Å². The number of para-hydroxylation sites is 1. The van der Waals surface area contributed by atoms with E-state index < -0.39 is 0 Å². The van der Waals surface area contributed by atoms with E-state index in [1.807, 2.05) is 0 Å². The predicted molar refractivity (Wildman–Crippen MR) is 124 cm³/mol. The van der Waals surface area contributed by atoms with Crippen LogP contribution in [0.5, 0.6) is 5.75 Å². The van der Waals surface area contributed by atoms with E-state index >= 15 is 0 Å². The van der Waals surface area contributed by atoms with E-state index in [1.165, 1.54) is 25.7 Å². The van der Waals surface area contributed by atoms with Crippen LogP contribution in [0.3, 0.4) is 0 Å². The third-order valence-corrected chi connectivity index (χ3v) is 4.71. The lowest BCUT2D eigenvalue weighted by Gasteiger charge is -2.13. The van der Waals surface area contributed by atoms with Crippen LogP contribution in [0.2, 0.25) is 0 Å². The van der Waals surface area contributed by atoms with E-state index in [-0.39, 0.29) is 16.9 Å². The summed E-state index contributed by atoms with van der Waals surface area (Å²) in [7, 11) is 1.55. The first-order valence-electron chi connectivity index (χ1n) is 10.2. The van der Waals surface area contributed by atoms with Crippen LogP contribution in [0, 0.1) is 0 Å². The average molecular weight is 428 g/mol. The summed E-state index contributed by atoms with van der Waals surface area (Å²) in [4.78, 5) is 24.4. The van der Waals surface area contributed by atoms with Crippen LogP contribution in [-0.4, -0.2) is 30.6 Å². The molecule has 2 aromatic carbocycles. The highest BCUT2D eigenvalue weighted by Crippen LogP contribution is 2.16. The quantitative estimate of drug-likeness (QED) is 0.384. The van der Waals surface area contributed by atoms with Crippen molar-refractivity contribution in [2.24, 2.45) is 0 Å². The minimum Gasteiger partial charge on any atom is -0.494 e. The van der Waals surface area contributed by atoms with E-state index in [9.17, 15) is 9.59 Å². The largest absolute Gasteiger partial charge is 0.494 e. The van der Waals surface area contributed by atoms with Crippen molar-refractivity contribution < 1.29 is 14.3 Å². The monoisotopic (exact) mass is 427 g/mol. The lowest BCUT2D eigenvalue weighted by molar-refractivity contribution is 0.0961. The molecule has 0 aromatic heterocycles. The van der Waals surface area contributed by atoms with E-state index in [1.54, 1.807) is 55.6 Å². The second-order valence-electron chi connectivity index (χ2n) is 6.82. The molecule has 0 saturated heterocycles. The number of thiocarbonyl (C=S) groups is 1. The second-order valence-corrected chi connectivity index (χ2v) is 7.23. The summed E-state index contributed by atoms with van der Waals surface area (Å²) in [5.41, 5.74) is 1.42. The molecular weight excluding hydrogens is 398 g/mol. The van der Waals surface area contributed by atoms with Gasteiger partial charge in [-0.15, -0.1) is 0 Å². The summed E-state index contributed by atoms with van der Waals surface area (Å²) in [6.07, 6.45) is 5.92. The van der Waals surface area contributed by atoms with Crippen molar-refractivity contribution in [1.29, 1.82) is 0 Å². The highest BCUT2D eigenvalue weighted by Gasteiger charge is 2.12. The van der Waals surface area contributed by atoms with Gasteiger partial charge in [-0.2, -0.15) is 0 Å². The number of amides is 2. The van der Waals surface area contributed by atoms with Gasteiger partial charge in [0.05, 0.1) is 17.9 Å². The number of ether oxygens (including phenoxy) is 1. The van der Waals surface area contributed by atoms with Gasteiger partial charge in [-0.05, 0) is 55.0 Å². The Morgan fingerprint density at radius 1 is 0.933 bits per heavy atom. The summed E-state index contributed by atoms with van der Waals surface area (Å²) in [6, 6.07) is 13.9. The minimum absolute atomic E-state index is 0.115. The molecule has 0 unspecified atom stereocenters. The maximum absolute atomic E-state index is 12.4. The SMILES string of the molecule is CCCCCCCOc1ccc(C(=O)NC(=S)Nc2ccccc2C(=O)NC)cc1. The van der Waals surface area contributed by atoms with Crippen molar-refractivity contribution in [2.45, 2.75) is 39.0 Å². The van der Waals surface area contributed by atoms with Crippen molar-refractivity contribution in [2.75, 3.05) is 19.0 Å². The molecule has 0 saturated carbocycles. The molecule has 0 atom stereocenters. The Labute approximate surface area is 183 Å². The van der Waals surface area contributed by atoms with Crippen LogP contribution < -0.4 is 20.7 Å². The Bertz CT molecular complexity index is 853. The molecule has 0 heterocycles. The number of carbonyl (C=O) groups is 2. The van der Waals surface area contributed by atoms with E-state index in [2.05, 4.69) is 22.9 Å². The zero-order valence-corrected chi connectivity index (χ0v) is 18.3. The minimum atomic E-state index is -0.337. The van der Waals surface area contributed by atoms with Crippen LogP contribution in [0.1, 0.15) is 59.7 Å². The predicted octanol–water partition coefficient (Wildman–Crippen LogP) is 4.52. The van der Waals surface area contributed by atoms with Crippen LogP contribution in [0.25, 0.3) is 0 Å². The van der Waals surface area contributed by atoms with Crippen LogP contribution in [-0.2, 0) is 0 Å². The van der Waals surface area contributed by atoms with Gasteiger partial charge >= 0.3 is 0 Å². The fourth-order valence-electron chi connectivity index (χ4n) is 2.85. The average Bonchev–Trinajstić information content (AvgIpc) is 2.76. The highest BCUT2D eigenvalue weighted by atomic mass is 32.1. The number of unbranched alkanes of at least 4 members (excludes halogenated alkanes) is 4. The molecule has 7 heteroatoms. The van der Waals surface area contributed by atoms with Crippen molar-refractivity contribution >= 4 is 34.8 Å². The Morgan fingerprint density at radius 2 is 1.63 bits per heavy atom. The molecule has 0 aliphatic heterocycles. The Kier molecular flexibility index (Phi) is 9.80. The van der Waals surface area contributed by atoms with Gasteiger partial charge in [0.15, 0.2) is 5.11 Å². The van der Waals surface area contributed by atoms with Gasteiger partial charge in [0, 0.05) is 12.6 Å². The summed E-state index contributed by atoms with van der Waals surface area (Å²) < 4.78 is 5.72. The van der Waals surface area contributed by atoms with Gasteiger partial charge in [0.25, 0.3) is 11.8 Å². The fraction of sp³-hybridized carbons (Fsp3) is 0.348. The van der Waals surface area contributed by atoms with E-state index in [4.69, 9.17) is 17.0 Å². The zero-order chi connectivity index (χ0) is 21.8. The van der Waals surface area contributed by atoms with Gasteiger partial charge in [0.2, 0.25) is 0 Å². The number of carbonyl (C=O) groups excluding carboxylic acids is 2. The third-order valence-electron chi connectivity index (χ3n) is 4.51. The Hall–Kier alpha value is -2.93. The number of rotatable bonds is 10. The number of hydrogen-bond acceptors (Lipinski definition) is 4. The molecule has 0 radical (unpaired) electrons. The molecule has 3 N–H and O–H groups in total. The smallest absolute Gasteiger partial charge is 0.257 e. The van der Waals surface area contributed by atoms with Crippen LogP contribution in [0.15, 0.2) is 48.5 Å². The molecule has 6 nitrogen and oxygen atoms in total. The van der Waals surface area contributed by atoms with Gasteiger partial charge in [-0.3, -0.25) is 14.9 Å². The van der Waals surface area contributed by atoms with Crippen molar-refractivity contribution in [3.8, 4) is 5.75 Å². The summed E-state index contributed by atoms with van der Waals surface area (Å²) in [5.74, 6) is 0.159. The zero-order valence-electron chi connectivity index (χ0n) is 17.5. The molecule has 30 heavy (non-hydrogen) atoms. The number of benzene rings is 2. The molecule has 2 amide bonds. The number of anilines is 1. The van der Waals surface area contributed by atoms with Crippen LogP contribution >= 0.6 is 12.2 Å². The molecule has 160 valence electrons. The van der Waals surface area contributed by atoms with Gasteiger partial charge < -0.3 is 15.4 Å². The van der Waals surface area contributed by atoms with Crippen molar-refractivity contribution in [1.82, 2.24) is 10.6 Å². The molecular formula is C23H29N3O3S. The maximum atomic E-state index is 12.4. The lowest BCUT2D eigenvalue weighted by atomic mass is 10.1. The van der Waals surface area contributed by atoms with Crippen molar-refractivity contribution in [3.63, 3.8) is 0 Å². The molecule has 0 bridgehead atoms. The molecule has 0 aliphatic rings. The highest BCUT2D eigenvalue weighted by molar-refractivity contribution is 7.80. The summed E-state index contributed by atoms with van der Waals surface area (Å²) in [6.45, 7) is 2.87. The van der Waals surface area contributed by atoms with Crippen LogP contribution in [0.4, 0.5) is 5.69 Å². The number of hydrogen-bond donors (Lipinski definition) is 3. The maximum Gasteiger partial charge on any atom is 0.257 e. The Morgan fingerprint density at radius 3 is 2.33 bits per heavy atom. The van der Waals surface area contributed by atoms with Crippen molar-refractivity contribution in [3.05, 3.63) is 59.7 Å². The molecule has 2 aromatic rings. The Balaban J connectivity index is 1.84. The molecule has 0 spiro atoms. The van der Waals surface area contributed by atoms with Gasteiger partial charge in [-0.1, -0.05) is 44.7 Å². The summed E-state index contributed by atoms with van der Waals surface area (Å²) in [5, 5.41) is 8.22. The standard InChI is InChI=1S/C23H29N3O3S/c1-3-4-5-6-9-16-29-18-14-12-17(13-15-18)21(27)26-23(30)25-20-11-8-7-10-19(20)22(28)24-2/h7-8,10-15H,3-6,9,16H2,1-2H3,(H,24,28)(H2,25,26,27,30). The fourth-order valence-corrected chi connectivity index (χ4v) is 3.05. The first kappa shape index (κ1) is 23.3. The normalized spacial score (nSPS) is 10.2. The van der Waals surface area contributed by atoms with E-state index in [0.29, 0.717) is 23.4 Å². The molecule has 0 fully saturated rings. The van der Waals surface area contributed by atoms with E-state index in [0.717, 1.165) is 12.2 Å². The van der Waals surface area contributed by atoms with Gasteiger partial charge in [0.1, 0.15) is 5.75 Å². The third kappa shape index (κ3) is 7.48. The lowest BCUT2D eigenvalue weighted by Crippen LogP contribution is -2.34. The second kappa shape index (κ2) is 12.6. The molecule has 0 aliphatic carbocycles. The first-order valence-corrected chi connectivity index (χ1v) is 10.6. The summed E-state index contributed by atoms with van der Waals surface area (Å²) >= 11 is 5.22. The molecule has 2 rings (SSSR count). The first-order chi connectivity index (χ1) is 14.5. The topological polar surface area (TPSA) is 79.5 Å².